The summed E-state index contributed by atoms with van der Waals surface area (Å²) < 4.78 is 13.3. The molecule has 4 fully saturated rings. The summed E-state index contributed by atoms with van der Waals surface area (Å²) in [7, 11) is -3.66. The summed E-state index contributed by atoms with van der Waals surface area (Å²) >= 11 is 0. The van der Waals surface area contributed by atoms with Crippen LogP contribution in [0.3, 0.4) is 0 Å². The van der Waals surface area contributed by atoms with Crippen LogP contribution in [0.5, 0.6) is 0 Å². The molecule has 4 aliphatic heterocycles. The molecule has 0 aromatic heterocycles. The van der Waals surface area contributed by atoms with Gasteiger partial charge in [0.2, 0.25) is 0 Å². The Hall–Kier alpha value is -12.6. The van der Waals surface area contributed by atoms with E-state index in [1.54, 1.807) is 0 Å². The van der Waals surface area contributed by atoms with Crippen molar-refractivity contribution >= 4 is 80.9 Å². The molecule has 0 saturated carbocycles. The van der Waals surface area contributed by atoms with Gasteiger partial charge in [-0.3, -0.25) is 0 Å². The van der Waals surface area contributed by atoms with Gasteiger partial charge >= 0.3 is 21.8 Å². The van der Waals surface area contributed by atoms with Crippen molar-refractivity contribution in [1.82, 2.24) is 9.34 Å². The Morgan fingerprint density at radius 2 is 0.311 bits per heavy atom. The molecule has 4 aliphatic rings. The first-order valence-corrected chi connectivity index (χ1v) is 48.2. The number of carbonyl (C=O) groups excluding carboxylic acids is 1. The number of hydrogen-bond donors (Lipinski definition) is 0. The van der Waals surface area contributed by atoms with E-state index in [4.69, 9.17) is 24.3 Å². The van der Waals surface area contributed by atoms with Crippen molar-refractivity contribution in [2.45, 2.75) is 45.3 Å². The molecule has 0 radical (unpaired) electrons. The Labute approximate surface area is 722 Å². The second kappa shape index (κ2) is 36.8. The van der Waals surface area contributed by atoms with E-state index in [-0.39, 0.29) is 23.7 Å². The topological polar surface area (TPSA) is 91.4 Å². The van der Waals surface area contributed by atoms with Crippen molar-refractivity contribution in [2.24, 2.45) is 0 Å². The molecule has 0 amide bonds. The molecule has 592 valence electrons. The molecule has 0 bridgehead atoms. The van der Waals surface area contributed by atoms with E-state index in [1.807, 2.05) is 0 Å². The lowest BCUT2D eigenvalue weighted by atomic mass is 9.64. The summed E-state index contributed by atoms with van der Waals surface area (Å²) in [6, 6.07) is 181. The number of carbonyl (C=O) groups is 1. The second-order valence-electron chi connectivity index (χ2n) is 31.6. The predicted octanol–water partition coefficient (Wildman–Crippen LogP) is 21.6. The highest BCUT2D eigenvalue weighted by Gasteiger charge is 2.68. The van der Waals surface area contributed by atoms with Crippen LogP contribution in [-0.4, -0.2) is 52.6 Å². The van der Waals surface area contributed by atoms with Crippen LogP contribution in [0.1, 0.15) is 90.4 Å². The van der Waals surface area contributed by atoms with E-state index in [1.165, 1.54) is 110 Å². The third-order valence-corrected chi connectivity index (χ3v) is 35.8. The van der Waals surface area contributed by atoms with Crippen molar-refractivity contribution in [3.8, 4) is 0 Å². The maximum Gasteiger partial charge on any atom is 0.319 e. The third kappa shape index (κ3) is 15.1. The maximum atomic E-state index is 8.33. The van der Waals surface area contributed by atoms with Crippen LogP contribution in [0.4, 0.5) is 4.79 Å². The third-order valence-electron chi connectivity index (χ3n) is 25.3. The lowest BCUT2D eigenvalue weighted by Crippen LogP contribution is -2.43. The summed E-state index contributed by atoms with van der Waals surface area (Å²) in [5.41, 5.74) is 18.8. The zero-order valence-corrected chi connectivity index (χ0v) is 71.3. The molecule has 16 aromatic rings. The fourth-order valence-corrected chi connectivity index (χ4v) is 32.8. The summed E-state index contributed by atoms with van der Waals surface area (Å²) in [6.45, 7) is 0. The van der Waals surface area contributed by atoms with Gasteiger partial charge in [0.05, 0.1) is 0 Å². The fraction of sp³-hybridized carbons (Fsp3) is 0.106. The van der Waals surface area contributed by atoms with Crippen LogP contribution >= 0.6 is 31.7 Å². The van der Waals surface area contributed by atoms with E-state index < -0.39 is 59.5 Å². The standard InChI is InChI=1S/2C56H46NP2.CH2O3/c2*1-9-25-43(26-10-1)51-41-58(49-37-21-7-22-38-49)53(55(51,45-29-13-3-14-30-45)46-31-15-4-16-32-46)57-54-56(47-33-17-5-18-34-47,48-35-19-6-20-36-48)52(44-27-11-2-12-28-44)42-59(54)50-39-23-8-24-40-50;2-1(3)4/h2*1-40,51-52H,41-42H2;(H2,2,3,4)/q2*+1;/p-2. The first kappa shape index (κ1) is 80.5. The van der Waals surface area contributed by atoms with Gasteiger partial charge in [0.1, 0.15) is 21.7 Å². The van der Waals surface area contributed by atoms with Gasteiger partial charge in [-0.1, -0.05) is 495 Å². The summed E-state index contributed by atoms with van der Waals surface area (Å²) in [5.74, 6) is 0.597. The second-order valence-corrected chi connectivity index (χ2v) is 40.2. The molecule has 8 unspecified atom stereocenters. The minimum absolute atomic E-state index is 0.149. The minimum Gasteiger partial charge on any atom is -0.652 e. The van der Waals surface area contributed by atoms with Gasteiger partial charge in [-0.15, -0.1) is 0 Å². The van der Waals surface area contributed by atoms with Crippen LogP contribution in [-0.2, 0) is 21.7 Å². The van der Waals surface area contributed by atoms with Crippen LogP contribution in [0, 0.1) is 0 Å². The van der Waals surface area contributed by atoms with E-state index in [0.717, 1.165) is 24.6 Å². The van der Waals surface area contributed by atoms with Gasteiger partial charge in [-0.25, -0.2) is 0 Å². The highest BCUT2D eigenvalue weighted by atomic mass is 31.1. The van der Waals surface area contributed by atoms with E-state index in [2.05, 4.69) is 485 Å². The predicted molar refractivity (Wildman–Crippen MR) is 513 cm³/mol. The summed E-state index contributed by atoms with van der Waals surface area (Å²) in [4.78, 5) is 8.33. The summed E-state index contributed by atoms with van der Waals surface area (Å²) in [6.07, 6.45) is 1.64. The van der Waals surface area contributed by atoms with E-state index in [9.17, 15) is 0 Å². The quantitative estimate of drug-likeness (QED) is 0.0713. The zero-order valence-electron chi connectivity index (χ0n) is 67.7. The maximum absolute atomic E-state index is 8.33. The van der Waals surface area contributed by atoms with Gasteiger partial charge < -0.3 is 15.0 Å². The van der Waals surface area contributed by atoms with Gasteiger partial charge in [0, 0.05) is 55.4 Å². The highest BCUT2D eigenvalue weighted by Crippen LogP contribution is 2.69. The lowest BCUT2D eigenvalue weighted by Gasteiger charge is -2.34. The van der Waals surface area contributed by atoms with Crippen molar-refractivity contribution in [3.05, 3.63) is 552 Å². The Bertz CT molecular complexity index is 5350. The fourth-order valence-electron chi connectivity index (χ4n) is 20.3. The molecular formula is C113H92N2O3P4. The smallest absolute Gasteiger partial charge is 0.319 e. The number of nitrogens with zero attached hydrogens (tertiary/aromatic N) is 2. The zero-order chi connectivity index (χ0) is 82.6. The number of carboxylic acid groups (broad SMARTS) is 2. The minimum atomic E-state index is -2.33. The molecule has 0 aliphatic carbocycles. The summed E-state index contributed by atoms with van der Waals surface area (Å²) in [5, 5.41) is 22.2. The Morgan fingerprint density at radius 1 is 0.197 bits per heavy atom. The van der Waals surface area contributed by atoms with Crippen molar-refractivity contribution in [3.63, 3.8) is 0 Å². The van der Waals surface area contributed by atoms with Crippen LogP contribution in [0.25, 0.3) is 0 Å². The number of hydrogen-bond acceptors (Lipinski definition) is 3. The average molecular weight is 1650 g/mol. The first-order chi connectivity index (χ1) is 60.3. The van der Waals surface area contributed by atoms with Crippen molar-refractivity contribution in [2.75, 3.05) is 24.6 Å². The molecule has 16 aromatic carbocycles. The Kier molecular flexibility index (Phi) is 24.3. The van der Waals surface area contributed by atoms with Gasteiger partial charge in [0.15, 0.2) is 0 Å². The van der Waals surface area contributed by atoms with E-state index in [0.29, 0.717) is 0 Å². The number of rotatable bonds is 16. The van der Waals surface area contributed by atoms with Crippen LogP contribution in [0.2, 0.25) is 0 Å². The molecule has 20 rings (SSSR count). The van der Waals surface area contributed by atoms with E-state index >= 15 is 0 Å². The molecule has 0 N–H and O–H groups in total. The monoisotopic (exact) mass is 1650 g/mol. The van der Waals surface area contributed by atoms with Gasteiger partial charge in [-0.2, -0.15) is 0 Å². The van der Waals surface area contributed by atoms with Gasteiger partial charge in [0.25, 0.3) is 0 Å². The largest absolute Gasteiger partial charge is 0.652 e. The van der Waals surface area contributed by atoms with Crippen molar-refractivity contribution < 1.29 is 15.0 Å². The normalized spacial score (nSPS) is 20.1. The SMILES string of the molecule is O=C([O-])[O-].c1ccc(C2CP(c3ccccc3)C(=[N+]=C3P(c4ccccc4)CC(c4ccccc4)C3(c3ccccc3)c3ccccc3)C2(c2ccccc2)c2ccccc2)cc1.c1ccc(C2CP(c3ccccc3)C(=[N+]=C3P(c4ccccc4)CC(c4ccccc4)C3(c3ccccc3)c3ccccc3)C2(c2ccccc2)c2ccccc2)cc1. The van der Waals surface area contributed by atoms with Gasteiger partial charge in [-0.05, 0) is 119 Å². The first-order valence-electron chi connectivity index (χ1n) is 42.1. The molecule has 0 spiro atoms. The Morgan fingerprint density at radius 3 is 0.443 bits per heavy atom. The van der Waals surface area contributed by atoms with Crippen molar-refractivity contribution in [1.29, 1.82) is 0 Å². The molecule has 4 heterocycles. The molecule has 122 heavy (non-hydrogen) atoms. The molecule has 4 saturated heterocycles. The molecular weight excluding hydrogens is 1560 g/mol. The average Bonchev–Trinajstić information content (AvgIpc) is 1.53. The molecule has 5 nitrogen and oxygen atoms in total. The highest BCUT2D eigenvalue weighted by molar-refractivity contribution is 7.85. The molecule has 8 atom stereocenters. The lowest BCUT2D eigenvalue weighted by molar-refractivity contribution is -0.415. The molecule has 9 heteroatoms. The van der Waals surface area contributed by atoms with Crippen LogP contribution < -0.4 is 40.8 Å². The Balaban J connectivity index is 0.000000160. The number of benzene rings is 16. The van der Waals surface area contributed by atoms with Crippen LogP contribution in [0.15, 0.2) is 485 Å².